The van der Waals surface area contributed by atoms with E-state index in [1.54, 1.807) is 44.3 Å². The molecule has 13 heteroatoms. The van der Waals surface area contributed by atoms with E-state index in [0.717, 1.165) is 12.8 Å². The fourth-order valence-electron chi connectivity index (χ4n) is 4.26. The Morgan fingerprint density at radius 2 is 1.89 bits per heavy atom. The average molecular weight is 568 g/mol. The Balaban J connectivity index is 1.55. The molecule has 2 saturated heterocycles. The van der Waals surface area contributed by atoms with E-state index in [1.165, 1.54) is 13.9 Å². The number of benzene rings is 1. The topological polar surface area (TPSA) is 114 Å². The number of amides is 1. The number of carbonyl (C=O) groups is 1. The second kappa shape index (κ2) is 11.9. The normalized spacial score (nSPS) is 17.0. The highest BCUT2D eigenvalue weighted by Crippen LogP contribution is 2.29. The third-order valence-electron chi connectivity index (χ3n) is 6.62. The van der Waals surface area contributed by atoms with E-state index in [1.807, 2.05) is 11.8 Å². The SMILES string of the molecule is CCCCOC(=O)N1CC(Oc2c(N3CCN(S(=O)(=O)C(C)C)CC3)cnn(-c3cccc(Cl)c3)c2=O)C1. The Morgan fingerprint density at radius 3 is 2.53 bits per heavy atom. The van der Waals surface area contributed by atoms with Crippen molar-refractivity contribution in [3.63, 3.8) is 0 Å². The highest BCUT2D eigenvalue weighted by atomic mass is 35.5. The van der Waals surface area contributed by atoms with E-state index < -0.39 is 33.0 Å². The van der Waals surface area contributed by atoms with Crippen molar-refractivity contribution in [1.82, 2.24) is 19.0 Å². The minimum Gasteiger partial charge on any atom is -0.479 e. The Bertz CT molecular complexity index is 1300. The first kappa shape index (κ1) is 28.2. The predicted octanol–water partition coefficient (Wildman–Crippen LogP) is 2.75. The van der Waals surface area contributed by atoms with Crippen LogP contribution >= 0.6 is 11.6 Å². The maximum atomic E-state index is 13.6. The van der Waals surface area contributed by atoms with Crippen LogP contribution in [0.25, 0.3) is 5.69 Å². The minimum absolute atomic E-state index is 0.101. The number of unbranched alkanes of at least 4 members (excludes halogenated alkanes) is 1. The summed E-state index contributed by atoms with van der Waals surface area (Å²) in [5.41, 5.74) is 0.506. The molecule has 0 saturated carbocycles. The van der Waals surface area contributed by atoms with Gasteiger partial charge in [0.1, 0.15) is 11.8 Å². The molecule has 208 valence electrons. The number of hydrogen-bond donors (Lipinski definition) is 0. The van der Waals surface area contributed by atoms with Gasteiger partial charge in [0.15, 0.2) is 0 Å². The summed E-state index contributed by atoms with van der Waals surface area (Å²) in [6.45, 7) is 7.64. The zero-order chi connectivity index (χ0) is 27.4. The quantitative estimate of drug-likeness (QED) is 0.425. The van der Waals surface area contributed by atoms with Gasteiger partial charge in [-0.3, -0.25) is 4.79 Å². The molecule has 11 nitrogen and oxygen atoms in total. The molecule has 2 aromatic rings. The van der Waals surface area contributed by atoms with Crippen LogP contribution in [0.1, 0.15) is 33.6 Å². The molecule has 2 aliphatic heterocycles. The minimum atomic E-state index is -3.38. The van der Waals surface area contributed by atoms with Crippen LogP contribution in [0.4, 0.5) is 10.5 Å². The van der Waals surface area contributed by atoms with E-state index in [9.17, 15) is 18.0 Å². The van der Waals surface area contributed by atoms with Gasteiger partial charge >= 0.3 is 11.7 Å². The summed E-state index contributed by atoms with van der Waals surface area (Å²) in [6.07, 6.45) is 2.50. The van der Waals surface area contributed by atoms with Crippen molar-refractivity contribution < 1.29 is 22.7 Å². The first-order valence-corrected chi connectivity index (χ1v) is 14.7. The molecule has 4 rings (SSSR count). The Morgan fingerprint density at radius 1 is 1.18 bits per heavy atom. The molecule has 0 radical (unpaired) electrons. The number of sulfonamides is 1. The van der Waals surface area contributed by atoms with Crippen molar-refractivity contribution in [3.8, 4) is 11.4 Å². The lowest BCUT2D eigenvalue weighted by molar-refractivity contribution is 0.0102. The molecule has 2 fully saturated rings. The molecular formula is C25H34ClN5O6S. The first-order valence-electron chi connectivity index (χ1n) is 12.8. The largest absolute Gasteiger partial charge is 0.479 e. The Kier molecular flexibility index (Phi) is 8.84. The first-order chi connectivity index (χ1) is 18.1. The van der Waals surface area contributed by atoms with Gasteiger partial charge in [-0.25, -0.2) is 13.2 Å². The van der Waals surface area contributed by atoms with Crippen LogP contribution in [-0.4, -0.2) is 90.7 Å². The lowest BCUT2D eigenvalue weighted by Crippen LogP contribution is -2.57. The van der Waals surface area contributed by atoms with Crippen LogP contribution in [0, 0.1) is 0 Å². The van der Waals surface area contributed by atoms with Crippen molar-refractivity contribution in [1.29, 1.82) is 0 Å². The van der Waals surface area contributed by atoms with Gasteiger partial charge in [-0.15, -0.1) is 0 Å². The molecule has 0 spiro atoms. The summed E-state index contributed by atoms with van der Waals surface area (Å²) in [6, 6.07) is 6.78. The lowest BCUT2D eigenvalue weighted by atomic mass is 10.2. The Labute approximate surface area is 227 Å². The average Bonchev–Trinajstić information content (AvgIpc) is 2.86. The van der Waals surface area contributed by atoms with Gasteiger partial charge < -0.3 is 19.3 Å². The second-order valence-electron chi connectivity index (χ2n) is 9.65. The smallest absolute Gasteiger partial charge is 0.410 e. The molecule has 0 aliphatic carbocycles. The predicted molar refractivity (Wildman–Crippen MR) is 145 cm³/mol. The van der Waals surface area contributed by atoms with Gasteiger partial charge in [-0.1, -0.05) is 31.0 Å². The summed E-state index contributed by atoms with van der Waals surface area (Å²) >= 11 is 6.13. The summed E-state index contributed by atoms with van der Waals surface area (Å²) < 4.78 is 39.3. The van der Waals surface area contributed by atoms with Crippen LogP contribution in [0.2, 0.25) is 5.02 Å². The zero-order valence-electron chi connectivity index (χ0n) is 21.9. The van der Waals surface area contributed by atoms with E-state index >= 15 is 0 Å². The van der Waals surface area contributed by atoms with E-state index in [4.69, 9.17) is 21.1 Å². The summed E-state index contributed by atoms with van der Waals surface area (Å²) in [7, 11) is -3.38. The highest BCUT2D eigenvalue weighted by molar-refractivity contribution is 7.89. The van der Waals surface area contributed by atoms with Gasteiger partial charge in [0.2, 0.25) is 15.8 Å². The van der Waals surface area contributed by atoms with Crippen molar-refractivity contribution in [3.05, 3.63) is 45.8 Å². The van der Waals surface area contributed by atoms with Gasteiger partial charge in [-0.2, -0.15) is 14.1 Å². The molecule has 38 heavy (non-hydrogen) atoms. The summed E-state index contributed by atoms with van der Waals surface area (Å²) in [4.78, 5) is 29.3. The molecule has 0 atom stereocenters. The summed E-state index contributed by atoms with van der Waals surface area (Å²) in [5.74, 6) is 0.101. The van der Waals surface area contributed by atoms with Crippen LogP contribution < -0.4 is 15.2 Å². The molecule has 3 heterocycles. The standard InChI is InChI=1S/C25H34ClN5O6S/c1-4-5-13-36-25(33)29-16-21(17-29)37-23-22(28-9-11-30(12-10-28)38(34,35)18(2)3)15-27-31(24(23)32)20-8-6-7-19(26)14-20/h6-8,14-15,18,21H,4-5,9-13,16-17H2,1-3H3. The Hall–Kier alpha value is -2.83. The van der Waals surface area contributed by atoms with Gasteiger partial charge in [0, 0.05) is 31.2 Å². The van der Waals surface area contributed by atoms with E-state index in [2.05, 4.69) is 5.10 Å². The fourth-order valence-corrected chi connectivity index (χ4v) is 5.72. The van der Waals surface area contributed by atoms with E-state index in [-0.39, 0.29) is 18.8 Å². The van der Waals surface area contributed by atoms with Crippen molar-refractivity contribution in [2.75, 3.05) is 50.8 Å². The van der Waals surface area contributed by atoms with Crippen molar-refractivity contribution >= 4 is 33.4 Å². The zero-order valence-corrected chi connectivity index (χ0v) is 23.4. The number of halogens is 1. The summed E-state index contributed by atoms with van der Waals surface area (Å²) in [5, 5.41) is 4.32. The molecule has 1 amide bonds. The van der Waals surface area contributed by atoms with Crippen molar-refractivity contribution in [2.45, 2.75) is 45.0 Å². The fraction of sp³-hybridized carbons (Fsp3) is 0.560. The van der Waals surface area contributed by atoms with Crippen LogP contribution in [0.15, 0.2) is 35.3 Å². The number of hydrogen-bond acceptors (Lipinski definition) is 8. The third kappa shape index (κ3) is 6.08. The maximum Gasteiger partial charge on any atom is 0.410 e. The molecule has 2 aliphatic rings. The highest BCUT2D eigenvalue weighted by Gasteiger charge is 2.36. The molecule has 0 bridgehead atoms. The van der Waals surface area contributed by atoms with Gasteiger partial charge in [0.25, 0.3) is 0 Å². The number of nitrogens with zero attached hydrogens (tertiary/aromatic N) is 5. The van der Waals surface area contributed by atoms with Crippen molar-refractivity contribution in [2.24, 2.45) is 0 Å². The molecular weight excluding hydrogens is 534 g/mol. The number of piperazine rings is 1. The second-order valence-corrected chi connectivity index (χ2v) is 12.6. The molecule has 0 N–H and O–H groups in total. The van der Waals surface area contributed by atoms with Gasteiger partial charge in [0.05, 0.1) is 36.8 Å². The number of rotatable bonds is 9. The third-order valence-corrected chi connectivity index (χ3v) is 9.13. The molecule has 0 unspecified atom stereocenters. The van der Waals surface area contributed by atoms with Gasteiger partial charge in [-0.05, 0) is 38.5 Å². The van der Waals surface area contributed by atoms with Crippen LogP contribution in [-0.2, 0) is 14.8 Å². The number of likely N-dealkylation sites (tertiary alicyclic amines) is 1. The number of anilines is 1. The van der Waals surface area contributed by atoms with E-state index in [0.29, 0.717) is 49.2 Å². The number of carbonyl (C=O) groups excluding carboxylic acids is 1. The molecule has 1 aromatic heterocycles. The number of ether oxygens (including phenoxy) is 2. The lowest BCUT2D eigenvalue weighted by Gasteiger charge is -2.39. The monoisotopic (exact) mass is 567 g/mol. The molecule has 1 aromatic carbocycles. The number of aromatic nitrogens is 2. The maximum absolute atomic E-state index is 13.6. The van der Waals surface area contributed by atoms with Crippen LogP contribution in [0.5, 0.6) is 5.75 Å². The van der Waals surface area contributed by atoms with Crippen LogP contribution in [0.3, 0.4) is 0 Å².